The topological polar surface area (TPSA) is 0 Å². The Bertz CT molecular complexity index is 802. The molecule has 0 aliphatic carbocycles. The number of benzene rings is 2. The first-order valence-electron chi connectivity index (χ1n) is 9.65. The molecule has 0 radical (unpaired) electrons. The van der Waals surface area contributed by atoms with E-state index in [0.29, 0.717) is 0 Å². The summed E-state index contributed by atoms with van der Waals surface area (Å²) < 4.78 is 0. The molecule has 132 valence electrons. The molecule has 0 atom stereocenters. The zero-order chi connectivity index (χ0) is 18.5. The van der Waals surface area contributed by atoms with E-state index in [1.165, 1.54) is 11.1 Å². The maximum atomic E-state index is 3.46. The Morgan fingerprint density at radius 2 is 1.27 bits per heavy atom. The maximum absolute atomic E-state index is 3.46. The molecule has 0 aliphatic rings. The van der Waals surface area contributed by atoms with Gasteiger partial charge in [0.2, 0.25) is 0 Å². The number of allylic oxidation sites excluding steroid dienone is 2. The summed E-state index contributed by atoms with van der Waals surface area (Å²) in [5.41, 5.74) is 4.98. The molecule has 0 aromatic heterocycles. The largest absolute Gasteiger partial charge is 0.0976 e. The van der Waals surface area contributed by atoms with Gasteiger partial charge in [0.1, 0.15) is 0 Å². The van der Waals surface area contributed by atoms with Gasteiger partial charge in [0.25, 0.3) is 0 Å². The quantitative estimate of drug-likeness (QED) is 0.509. The number of hydrogen-bond acceptors (Lipinski definition) is 0. The van der Waals surface area contributed by atoms with Gasteiger partial charge in [-0.2, -0.15) is 0 Å². The van der Waals surface area contributed by atoms with Gasteiger partial charge in [-0.05, 0) is 43.5 Å². The van der Waals surface area contributed by atoms with Crippen molar-refractivity contribution in [1.82, 2.24) is 0 Å². The Kier molecular flexibility index (Phi) is 8.89. The summed E-state index contributed by atoms with van der Waals surface area (Å²) in [5.74, 6) is 13.4. The van der Waals surface area contributed by atoms with Crippen molar-refractivity contribution in [2.45, 2.75) is 52.4 Å². The van der Waals surface area contributed by atoms with Crippen LogP contribution in [0.2, 0.25) is 0 Å². The van der Waals surface area contributed by atoms with Gasteiger partial charge in [-0.3, -0.25) is 0 Å². The summed E-state index contributed by atoms with van der Waals surface area (Å²) in [7, 11) is 0. The molecule has 2 aromatic rings. The molecule has 0 nitrogen and oxygen atoms in total. The molecular formula is C26H28. The van der Waals surface area contributed by atoms with Crippen LogP contribution in [0.15, 0.2) is 71.8 Å². The summed E-state index contributed by atoms with van der Waals surface area (Å²) in [6.45, 7) is 4.47. The van der Waals surface area contributed by atoms with Gasteiger partial charge in [-0.15, -0.1) is 0 Å². The molecule has 0 fully saturated rings. The van der Waals surface area contributed by atoms with E-state index < -0.39 is 0 Å². The van der Waals surface area contributed by atoms with Crippen LogP contribution < -0.4 is 0 Å². The van der Waals surface area contributed by atoms with E-state index in [2.05, 4.69) is 61.8 Å². The van der Waals surface area contributed by atoms with Gasteiger partial charge in [0.05, 0.1) is 0 Å². The van der Waals surface area contributed by atoms with Crippen molar-refractivity contribution in [2.75, 3.05) is 0 Å². The average Bonchev–Trinajstić information content (AvgIpc) is 2.69. The Hall–Kier alpha value is -2.70. The van der Waals surface area contributed by atoms with Crippen molar-refractivity contribution in [3.05, 3.63) is 82.9 Å². The van der Waals surface area contributed by atoms with Crippen LogP contribution in [0.5, 0.6) is 0 Å². The van der Waals surface area contributed by atoms with Crippen molar-refractivity contribution in [3.63, 3.8) is 0 Å². The Morgan fingerprint density at radius 1 is 0.692 bits per heavy atom. The third-order valence-electron chi connectivity index (χ3n) is 4.17. The molecular weight excluding hydrogens is 312 g/mol. The molecule has 0 N–H and O–H groups in total. The third kappa shape index (κ3) is 7.04. The predicted molar refractivity (Wildman–Crippen MR) is 113 cm³/mol. The van der Waals surface area contributed by atoms with Crippen molar-refractivity contribution in [1.29, 1.82) is 0 Å². The molecule has 0 spiro atoms. The second-order valence-electron chi connectivity index (χ2n) is 6.37. The zero-order valence-electron chi connectivity index (χ0n) is 16.0. The second kappa shape index (κ2) is 11.8. The molecule has 2 aromatic carbocycles. The van der Waals surface area contributed by atoms with Gasteiger partial charge in [-0.25, -0.2) is 0 Å². The minimum atomic E-state index is 0.893. The highest BCUT2D eigenvalue weighted by Gasteiger charge is 2.04. The molecule has 0 heteroatoms. The molecule has 0 heterocycles. The summed E-state index contributed by atoms with van der Waals surface area (Å²) in [4.78, 5) is 0. The van der Waals surface area contributed by atoms with E-state index in [1.807, 2.05) is 36.4 Å². The van der Waals surface area contributed by atoms with E-state index in [9.17, 15) is 0 Å². The zero-order valence-corrected chi connectivity index (χ0v) is 16.0. The molecule has 0 saturated carbocycles. The first-order chi connectivity index (χ1) is 12.8. The Morgan fingerprint density at radius 3 is 1.85 bits per heavy atom. The van der Waals surface area contributed by atoms with Crippen LogP contribution in [-0.2, 0) is 0 Å². The van der Waals surface area contributed by atoms with E-state index in [-0.39, 0.29) is 0 Å². The monoisotopic (exact) mass is 340 g/mol. The van der Waals surface area contributed by atoms with Crippen molar-refractivity contribution >= 4 is 0 Å². The number of rotatable bonds is 6. The molecule has 0 unspecified atom stereocenters. The lowest BCUT2D eigenvalue weighted by atomic mass is 9.96. The smallest absolute Gasteiger partial charge is 0.0248 e. The van der Waals surface area contributed by atoms with Crippen LogP contribution >= 0.6 is 0 Å². The van der Waals surface area contributed by atoms with E-state index in [0.717, 1.165) is 49.7 Å². The lowest BCUT2D eigenvalue weighted by Crippen LogP contribution is -1.92. The van der Waals surface area contributed by atoms with E-state index in [1.54, 1.807) is 0 Å². The normalized spacial score (nSPS) is 10.8. The van der Waals surface area contributed by atoms with Crippen LogP contribution in [0.25, 0.3) is 0 Å². The SMILES string of the molecule is CCC/C(C#Cc1ccccc1)=C(\CCC)CCC#Cc1ccccc1. The van der Waals surface area contributed by atoms with Gasteiger partial charge in [0, 0.05) is 23.1 Å². The van der Waals surface area contributed by atoms with Crippen molar-refractivity contribution in [2.24, 2.45) is 0 Å². The first kappa shape index (κ1) is 19.6. The third-order valence-corrected chi connectivity index (χ3v) is 4.17. The fraction of sp³-hybridized carbons (Fsp3) is 0.308. The van der Waals surface area contributed by atoms with Gasteiger partial charge in [0.15, 0.2) is 0 Å². The second-order valence-corrected chi connectivity index (χ2v) is 6.37. The summed E-state index contributed by atoms with van der Waals surface area (Å²) in [5, 5.41) is 0. The molecule has 0 aliphatic heterocycles. The van der Waals surface area contributed by atoms with E-state index >= 15 is 0 Å². The van der Waals surface area contributed by atoms with Crippen LogP contribution in [0.4, 0.5) is 0 Å². The van der Waals surface area contributed by atoms with Crippen LogP contribution in [0.1, 0.15) is 63.5 Å². The molecule has 0 saturated heterocycles. The summed E-state index contributed by atoms with van der Waals surface area (Å²) in [6, 6.07) is 20.5. The van der Waals surface area contributed by atoms with Gasteiger partial charge >= 0.3 is 0 Å². The Labute approximate surface area is 159 Å². The van der Waals surface area contributed by atoms with Crippen molar-refractivity contribution in [3.8, 4) is 23.7 Å². The lowest BCUT2D eigenvalue weighted by molar-refractivity contribution is 0.801. The minimum Gasteiger partial charge on any atom is -0.0976 e. The maximum Gasteiger partial charge on any atom is 0.0248 e. The van der Waals surface area contributed by atoms with E-state index in [4.69, 9.17) is 0 Å². The van der Waals surface area contributed by atoms with Gasteiger partial charge in [-0.1, -0.05) is 92.3 Å². The highest BCUT2D eigenvalue weighted by Crippen LogP contribution is 2.20. The summed E-state index contributed by atoms with van der Waals surface area (Å²) in [6.07, 6.45) is 6.37. The van der Waals surface area contributed by atoms with Crippen molar-refractivity contribution < 1.29 is 0 Å². The molecule has 0 amide bonds. The van der Waals surface area contributed by atoms with Crippen LogP contribution in [0, 0.1) is 23.7 Å². The fourth-order valence-electron chi connectivity index (χ4n) is 2.87. The summed E-state index contributed by atoms with van der Waals surface area (Å²) >= 11 is 0. The minimum absolute atomic E-state index is 0.893. The highest BCUT2D eigenvalue weighted by molar-refractivity contribution is 5.42. The fourth-order valence-corrected chi connectivity index (χ4v) is 2.87. The van der Waals surface area contributed by atoms with Crippen LogP contribution in [-0.4, -0.2) is 0 Å². The molecule has 0 bridgehead atoms. The molecule has 2 rings (SSSR count). The highest BCUT2D eigenvalue weighted by atomic mass is 14.1. The van der Waals surface area contributed by atoms with Gasteiger partial charge < -0.3 is 0 Å². The first-order valence-corrected chi connectivity index (χ1v) is 9.65. The van der Waals surface area contributed by atoms with Crippen LogP contribution in [0.3, 0.4) is 0 Å². The number of hydrogen-bond donors (Lipinski definition) is 0. The predicted octanol–water partition coefficient (Wildman–Crippen LogP) is 6.77. The lowest BCUT2D eigenvalue weighted by Gasteiger charge is -2.09. The Balaban J connectivity index is 2.13. The average molecular weight is 341 g/mol. The molecule has 26 heavy (non-hydrogen) atoms. The standard InChI is InChI=1S/C26H28/c1-3-13-25(20-12-11-19-23-15-7-5-8-16-23)26(14-4-2)22-21-24-17-9-6-10-18-24/h5-10,15-18H,3-4,12-14,20H2,1-2H3/b26-25-.